The van der Waals surface area contributed by atoms with Gasteiger partial charge in [0.15, 0.2) is 12.7 Å². The van der Waals surface area contributed by atoms with Gasteiger partial charge in [0.1, 0.15) is 5.75 Å². The number of benzene rings is 3. The highest BCUT2D eigenvalue weighted by atomic mass is 35.5. The number of hydrogen-bond acceptors (Lipinski definition) is 4. The van der Waals surface area contributed by atoms with Crippen LogP contribution in [-0.2, 0) is 14.3 Å². The fourth-order valence-corrected chi connectivity index (χ4v) is 2.86. The van der Waals surface area contributed by atoms with Gasteiger partial charge in [0, 0.05) is 16.3 Å². The largest absolute Gasteiger partial charge is 0.482 e. The molecule has 0 saturated heterocycles. The van der Waals surface area contributed by atoms with Crippen LogP contribution < -0.4 is 10.1 Å². The van der Waals surface area contributed by atoms with Crippen molar-refractivity contribution in [2.75, 3.05) is 11.9 Å². The second-order valence-electron chi connectivity index (χ2n) is 6.28. The van der Waals surface area contributed by atoms with Gasteiger partial charge in [-0.15, -0.1) is 0 Å². The Balaban J connectivity index is 1.58. The van der Waals surface area contributed by atoms with E-state index >= 15 is 0 Å². The molecule has 3 aromatic rings. The maximum absolute atomic E-state index is 12.5. The number of nitrogens with one attached hydrogen (secondary N) is 1. The summed E-state index contributed by atoms with van der Waals surface area (Å²) >= 11 is 5.87. The van der Waals surface area contributed by atoms with E-state index < -0.39 is 18.0 Å². The molecule has 0 aliphatic carbocycles. The Hall–Kier alpha value is -3.31. The number of para-hydroxylation sites is 1. The number of hydrogen-bond donors (Lipinski definition) is 1. The summed E-state index contributed by atoms with van der Waals surface area (Å²) in [6.45, 7) is 1.19. The van der Waals surface area contributed by atoms with Crippen molar-refractivity contribution in [2.45, 2.75) is 13.0 Å². The topological polar surface area (TPSA) is 64.6 Å². The van der Waals surface area contributed by atoms with E-state index in [1.807, 2.05) is 48.5 Å². The van der Waals surface area contributed by atoms with Gasteiger partial charge >= 0.3 is 5.97 Å². The van der Waals surface area contributed by atoms with Gasteiger partial charge in [-0.1, -0.05) is 66.2 Å². The minimum absolute atomic E-state index is 0.321. The molecular formula is C23H20ClNO4. The first-order valence-electron chi connectivity index (χ1n) is 9.06. The summed E-state index contributed by atoms with van der Waals surface area (Å²) in [5, 5.41) is 3.32. The quantitative estimate of drug-likeness (QED) is 0.560. The Morgan fingerprint density at radius 1 is 0.966 bits per heavy atom. The summed E-state index contributed by atoms with van der Waals surface area (Å²) in [5.41, 5.74) is 2.49. The average molecular weight is 410 g/mol. The molecule has 0 saturated carbocycles. The van der Waals surface area contributed by atoms with Crippen molar-refractivity contribution < 1.29 is 19.1 Å². The molecule has 0 spiro atoms. The Kier molecular flexibility index (Phi) is 6.87. The molecule has 29 heavy (non-hydrogen) atoms. The molecule has 0 bridgehead atoms. The first-order chi connectivity index (χ1) is 14.0. The number of rotatable bonds is 7. The van der Waals surface area contributed by atoms with Gasteiger partial charge in [-0.2, -0.15) is 0 Å². The second-order valence-corrected chi connectivity index (χ2v) is 6.72. The van der Waals surface area contributed by atoms with Crippen LogP contribution in [0.3, 0.4) is 0 Å². The SMILES string of the molecule is C[C@@H](OC(=O)COc1cccc(Cl)c1)C(=O)Nc1ccccc1-c1ccccc1. The number of amides is 1. The third kappa shape index (κ3) is 5.83. The van der Waals surface area contributed by atoms with Gasteiger partial charge in [-0.25, -0.2) is 4.79 Å². The molecule has 0 aliphatic heterocycles. The number of ether oxygens (including phenoxy) is 2. The number of anilines is 1. The zero-order valence-electron chi connectivity index (χ0n) is 15.8. The Morgan fingerprint density at radius 2 is 1.69 bits per heavy atom. The van der Waals surface area contributed by atoms with Gasteiger partial charge in [-0.3, -0.25) is 4.79 Å². The molecule has 0 heterocycles. The fourth-order valence-electron chi connectivity index (χ4n) is 2.68. The summed E-state index contributed by atoms with van der Waals surface area (Å²) in [7, 11) is 0. The van der Waals surface area contributed by atoms with Crippen molar-refractivity contribution >= 4 is 29.2 Å². The lowest BCUT2D eigenvalue weighted by Crippen LogP contribution is -2.31. The number of carbonyl (C=O) groups excluding carboxylic acids is 2. The minimum atomic E-state index is -0.978. The van der Waals surface area contributed by atoms with Crippen molar-refractivity contribution in [3.63, 3.8) is 0 Å². The molecule has 148 valence electrons. The summed E-state index contributed by atoms with van der Waals surface area (Å²) < 4.78 is 10.5. The highest BCUT2D eigenvalue weighted by Crippen LogP contribution is 2.27. The molecule has 3 aromatic carbocycles. The predicted molar refractivity (Wildman–Crippen MR) is 113 cm³/mol. The van der Waals surface area contributed by atoms with Crippen molar-refractivity contribution in [2.24, 2.45) is 0 Å². The van der Waals surface area contributed by atoms with E-state index in [0.29, 0.717) is 16.5 Å². The lowest BCUT2D eigenvalue weighted by molar-refractivity contribution is -0.155. The van der Waals surface area contributed by atoms with Crippen LogP contribution in [0.5, 0.6) is 5.75 Å². The summed E-state index contributed by atoms with van der Waals surface area (Å²) in [5.74, 6) is -0.628. The summed E-state index contributed by atoms with van der Waals surface area (Å²) in [4.78, 5) is 24.5. The van der Waals surface area contributed by atoms with Crippen LogP contribution in [-0.4, -0.2) is 24.6 Å². The Morgan fingerprint density at radius 3 is 2.45 bits per heavy atom. The smallest absolute Gasteiger partial charge is 0.344 e. The minimum Gasteiger partial charge on any atom is -0.482 e. The van der Waals surface area contributed by atoms with Crippen molar-refractivity contribution in [1.29, 1.82) is 0 Å². The molecule has 5 nitrogen and oxygen atoms in total. The highest BCUT2D eigenvalue weighted by Gasteiger charge is 2.19. The van der Waals surface area contributed by atoms with Gasteiger partial charge in [0.2, 0.25) is 0 Å². The van der Waals surface area contributed by atoms with Crippen molar-refractivity contribution in [3.8, 4) is 16.9 Å². The first kappa shape index (κ1) is 20.4. The summed E-state index contributed by atoms with van der Waals surface area (Å²) in [6.07, 6.45) is -0.978. The molecule has 6 heteroatoms. The predicted octanol–water partition coefficient (Wildman–Crippen LogP) is 4.96. The number of carbonyl (C=O) groups is 2. The third-order valence-electron chi connectivity index (χ3n) is 4.10. The first-order valence-corrected chi connectivity index (χ1v) is 9.44. The Labute approximate surface area is 174 Å². The zero-order valence-corrected chi connectivity index (χ0v) is 16.6. The van der Waals surface area contributed by atoms with Crippen LogP contribution in [0.25, 0.3) is 11.1 Å². The van der Waals surface area contributed by atoms with E-state index in [1.165, 1.54) is 6.92 Å². The second kappa shape index (κ2) is 9.75. The van der Waals surface area contributed by atoms with Crippen LogP contribution >= 0.6 is 11.6 Å². The van der Waals surface area contributed by atoms with Crippen LogP contribution in [0.15, 0.2) is 78.9 Å². The molecular weight excluding hydrogens is 390 g/mol. The molecule has 0 unspecified atom stereocenters. The third-order valence-corrected chi connectivity index (χ3v) is 4.34. The van der Waals surface area contributed by atoms with Crippen molar-refractivity contribution in [1.82, 2.24) is 0 Å². The van der Waals surface area contributed by atoms with Gasteiger partial charge in [-0.05, 0) is 36.8 Å². The van der Waals surface area contributed by atoms with Crippen LogP contribution in [0.1, 0.15) is 6.92 Å². The van der Waals surface area contributed by atoms with E-state index in [0.717, 1.165) is 11.1 Å². The standard InChI is InChI=1S/C23H20ClNO4/c1-16(29-22(26)15-28-19-11-7-10-18(24)14-19)23(27)25-21-13-6-5-12-20(21)17-8-3-2-4-9-17/h2-14,16H,15H2,1H3,(H,25,27)/t16-/m1/s1. The van der Waals surface area contributed by atoms with E-state index in [-0.39, 0.29) is 6.61 Å². The van der Waals surface area contributed by atoms with E-state index in [1.54, 1.807) is 30.3 Å². The monoisotopic (exact) mass is 409 g/mol. The Bertz CT molecular complexity index is 991. The fraction of sp³-hybridized carbons (Fsp3) is 0.130. The molecule has 3 rings (SSSR count). The molecule has 0 fully saturated rings. The molecule has 1 N–H and O–H groups in total. The van der Waals surface area contributed by atoms with Crippen molar-refractivity contribution in [3.05, 3.63) is 83.9 Å². The molecule has 0 aliphatic rings. The summed E-state index contributed by atoms with van der Waals surface area (Å²) in [6, 6.07) is 23.8. The molecule has 1 amide bonds. The normalized spacial score (nSPS) is 11.4. The van der Waals surface area contributed by atoms with Gasteiger partial charge in [0.05, 0.1) is 0 Å². The lowest BCUT2D eigenvalue weighted by Gasteiger charge is -2.16. The van der Waals surface area contributed by atoms with E-state index in [2.05, 4.69) is 5.32 Å². The highest BCUT2D eigenvalue weighted by molar-refractivity contribution is 6.30. The van der Waals surface area contributed by atoms with Crippen LogP contribution in [0.2, 0.25) is 5.02 Å². The van der Waals surface area contributed by atoms with Gasteiger partial charge < -0.3 is 14.8 Å². The molecule has 0 aromatic heterocycles. The number of halogens is 1. The molecule has 0 radical (unpaired) electrons. The number of esters is 1. The van der Waals surface area contributed by atoms with E-state index in [4.69, 9.17) is 21.1 Å². The van der Waals surface area contributed by atoms with Crippen LogP contribution in [0.4, 0.5) is 5.69 Å². The zero-order chi connectivity index (χ0) is 20.6. The maximum atomic E-state index is 12.5. The maximum Gasteiger partial charge on any atom is 0.344 e. The average Bonchev–Trinajstić information content (AvgIpc) is 2.73. The van der Waals surface area contributed by atoms with E-state index in [9.17, 15) is 9.59 Å². The lowest BCUT2D eigenvalue weighted by atomic mass is 10.0. The van der Waals surface area contributed by atoms with Crippen LogP contribution in [0, 0.1) is 0 Å². The molecule has 1 atom stereocenters. The van der Waals surface area contributed by atoms with Gasteiger partial charge in [0.25, 0.3) is 5.91 Å².